The highest BCUT2D eigenvalue weighted by atomic mass is 79.9. The van der Waals surface area contributed by atoms with E-state index in [1.807, 2.05) is 0 Å². The molecule has 0 aliphatic carbocycles. The Morgan fingerprint density at radius 3 is 2.65 bits per heavy atom. The molecule has 0 saturated carbocycles. The van der Waals surface area contributed by atoms with Gasteiger partial charge in [-0.15, -0.1) is 0 Å². The number of hydrogen-bond acceptors (Lipinski definition) is 4. The number of nitrogens with zero attached hydrogens (tertiary/aromatic N) is 1. The van der Waals surface area contributed by atoms with Gasteiger partial charge in [0, 0.05) is 24.3 Å². The maximum absolute atomic E-state index is 13.3. The zero-order valence-electron chi connectivity index (χ0n) is 14.4. The van der Waals surface area contributed by atoms with Crippen LogP contribution < -0.4 is 4.74 Å². The molecule has 0 aliphatic heterocycles. The van der Waals surface area contributed by atoms with Crippen LogP contribution in [0.1, 0.15) is 16.8 Å². The number of amides is 1. The van der Waals surface area contributed by atoms with Gasteiger partial charge in [0.05, 0.1) is 17.1 Å². The van der Waals surface area contributed by atoms with Gasteiger partial charge >= 0.3 is 0 Å². The Bertz CT molecular complexity index is 902. The highest BCUT2D eigenvalue weighted by Crippen LogP contribution is 2.20. The van der Waals surface area contributed by atoms with Crippen LogP contribution >= 0.6 is 15.9 Å². The van der Waals surface area contributed by atoms with E-state index in [4.69, 9.17) is 4.74 Å². The minimum atomic E-state index is -3.29. The molecule has 0 radical (unpaired) electrons. The van der Waals surface area contributed by atoms with E-state index < -0.39 is 15.7 Å². The number of ether oxygens (including phenoxy) is 1. The van der Waals surface area contributed by atoms with Gasteiger partial charge in [-0.05, 0) is 58.7 Å². The summed E-state index contributed by atoms with van der Waals surface area (Å²) in [6.45, 7) is 0.725. The molecule has 0 aliphatic rings. The van der Waals surface area contributed by atoms with Gasteiger partial charge in [-0.2, -0.15) is 0 Å². The molecule has 0 N–H and O–H groups in total. The number of halogens is 2. The average molecular weight is 444 g/mol. The lowest BCUT2D eigenvalue weighted by Gasteiger charge is -2.18. The van der Waals surface area contributed by atoms with Crippen molar-refractivity contribution in [1.29, 1.82) is 0 Å². The third-order valence-electron chi connectivity index (χ3n) is 3.65. The third kappa shape index (κ3) is 5.54. The Labute approximate surface area is 160 Å². The molecule has 26 heavy (non-hydrogen) atoms. The van der Waals surface area contributed by atoms with Gasteiger partial charge in [-0.25, -0.2) is 12.8 Å². The maximum atomic E-state index is 13.3. The van der Waals surface area contributed by atoms with Crippen molar-refractivity contribution in [2.45, 2.75) is 11.3 Å². The molecule has 0 fully saturated rings. The molecular formula is C18H19BrFNO4S. The molecule has 0 bridgehead atoms. The molecule has 1 amide bonds. The van der Waals surface area contributed by atoms with E-state index in [0.717, 1.165) is 6.26 Å². The van der Waals surface area contributed by atoms with Crippen LogP contribution in [0, 0.1) is 5.82 Å². The van der Waals surface area contributed by atoms with E-state index in [1.54, 1.807) is 19.2 Å². The van der Waals surface area contributed by atoms with Crippen LogP contribution in [0.5, 0.6) is 5.75 Å². The first-order valence-corrected chi connectivity index (χ1v) is 10.5. The van der Waals surface area contributed by atoms with Crippen molar-refractivity contribution in [3.63, 3.8) is 0 Å². The maximum Gasteiger partial charge on any atom is 0.254 e. The smallest absolute Gasteiger partial charge is 0.254 e. The summed E-state index contributed by atoms with van der Waals surface area (Å²) in [5.74, 6) is -0.315. The predicted molar refractivity (Wildman–Crippen MR) is 101 cm³/mol. The molecule has 0 unspecified atom stereocenters. The second-order valence-corrected chi connectivity index (χ2v) is 8.67. The normalized spacial score (nSPS) is 11.2. The van der Waals surface area contributed by atoms with Crippen molar-refractivity contribution < 1.29 is 22.3 Å². The van der Waals surface area contributed by atoms with Crippen LogP contribution in [-0.2, 0) is 9.84 Å². The Kier molecular flexibility index (Phi) is 6.77. The van der Waals surface area contributed by atoms with Crippen LogP contribution in [0.25, 0.3) is 0 Å². The van der Waals surface area contributed by atoms with Gasteiger partial charge in [-0.1, -0.05) is 6.07 Å². The number of rotatable bonds is 7. The largest absolute Gasteiger partial charge is 0.493 e. The standard InChI is InChI=1S/C18H19BrFNO4S/c1-21(18(22)16-11-13(20)7-8-17(16)19)9-4-10-25-14-5-3-6-15(12-14)26(2,23)24/h3,5-8,11-12H,4,9-10H2,1-2H3. The van der Waals surface area contributed by atoms with Crippen molar-refractivity contribution in [3.8, 4) is 5.75 Å². The van der Waals surface area contributed by atoms with E-state index in [0.29, 0.717) is 29.8 Å². The summed E-state index contributed by atoms with van der Waals surface area (Å²) in [5.41, 5.74) is 0.259. The number of hydrogen-bond donors (Lipinski definition) is 0. The molecule has 0 heterocycles. The number of benzene rings is 2. The predicted octanol–water partition coefficient (Wildman–Crippen LogP) is 3.53. The number of carbonyl (C=O) groups excluding carboxylic acids is 1. The summed E-state index contributed by atoms with van der Waals surface area (Å²) in [4.78, 5) is 14.0. The molecule has 0 spiro atoms. The summed E-state index contributed by atoms with van der Waals surface area (Å²) in [6, 6.07) is 10.2. The Balaban J connectivity index is 1.88. The molecule has 5 nitrogen and oxygen atoms in total. The summed E-state index contributed by atoms with van der Waals surface area (Å²) in [5, 5.41) is 0. The fourth-order valence-corrected chi connectivity index (χ4v) is 3.33. The van der Waals surface area contributed by atoms with Gasteiger partial charge in [0.25, 0.3) is 5.91 Å². The summed E-state index contributed by atoms with van der Waals surface area (Å²) < 4.78 is 42.5. The van der Waals surface area contributed by atoms with Gasteiger partial charge in [0.15, 0.2) is 9.84 Å². The topological polar surface area (TPSA) is 63.7 Å². The fraction of sp³-hybridized carbons (Fsp3) is 0.278. The molecule has 0 saturated heterocycles. The summed E-state index contributed by atoms with van der Waals surface area (Å²) in [7, 11) is -1.66. The molecule has 2 rings (SSSR count). The molecule has 8 heteroatoms. The van der Waals surface area contributed by atoms with Crippen LogP contribution in [-0.4, -0.2) is 45.7 Å². The van der Waals surface area contributed by atoms with E-state index >= 15 is 0 Å². The molecule has 2 aromatic rings. The number of carbonyl (C=O) groups is 1. The van der Waals surface area contributed by atoms with Crippen molar-refractivity contribution in [1.82, 2.24) is 4.90 Å². The van der Waals surface area contributed by atoms with E-state index in [9.17, 15) is 17.6 Å². The van der Waals surface area contributed by atoms with Gasteiger partial charge in [0.1, 0.15) is 11.6 Å². The minimum Gasteiger partial charge on any atom is -0.493 e. The zero-order chi connectivity index (χ0) is 19.3. The quantitative estimate of drug-likeness (QED) is 0.613. The minimum absolute atomic E-state index is 0.193. The van der Waals surface area contributed by atoms with E-state index in [2.05, 4.69) is 15.9 Å². The van der Waals surface area contributed by atoms with Crippen LogP contribution in [0.15, 0.2) is 51.8 Å². The van der Waals surface area contributed by atoms with Crippen LogP contribution in [0.2, 0.25) is 0 Å². The first kappa shape index (κ1) is 20.4. The highest BCUT2D eigenvalue weighted by molar-refractivity contribution is 9.10. The zero-order valence-corrected chi connectivity index (χ0v) is 16.8. The molecule has 140 valence electrons. The SMILES string of the molecule is CN(CCCOc1cccc(S(C)(=O)=O)c1)C(=O)c1cc(F)ccc1Br. The lowest BCUT2D eigenvalue weighted by molar-refractivity contribution is 0.0786. The van der Waals surface area contributed by atoms with Crippen LogP contribution in [0.4, 0.5) is 4.39 Å². The van der Waals surface area contributed by atoms with Crippen molar-refractivity contribution in [3.05, 3.63) is 58.3 Å². The lowest BCUT2D eigenvalue weighted by Crippen LogP contribution is -2.29. The van der Waals surface area contributed by atoms with Gasteiger partial charge in [-0.3, -0.25) is 4.79 Å². The monoisotopic (exact) mass is 443 g/mol. The van der Waals surface area contributed by atoms with Crippen molar-refractivity contribution in [2.75, 3.05) is 26.5 Å². The number of sulfone groups is 1. The lowest BCUT2D eigenvalue weighted by atomic mass is 10.2. The van der Waals surface area contributed by atoms with Gasteiger partial charge < -0.3 is 9.64 Å². The van der Waals surface area contributed by atoms with E-state index in [-0.39, 0.29) is 16.4 Å². The second-order valence-electron chi connectivity index (χ2n) is 5.80. The molecule has 2 aromatic carbocycles. The Hall–Kier alpha value is -1.93. The molecule has 0 atom stereocenters. The highest BCUT2D eigenvalue weighted by Gasteiger charge is 2.15. The first-order chi connectivity index (χ1) is 12.2. The Morgan fingerprint density at radius 2 is 1.96 bits per heavy atom. The van der Waals surface area contributed by atoms with Crippen molar-refractivity contribution in [2.24, 2.45) is 0 Å². The summed E-state index contributed by atoms with van der Waals surface area (Å²) in [6.07, 6.45) is 1.68. The van der Waals surface area contributed by atoms with Gasteiger partial charge in [0.2, 0.25) is 0 Å². The second kappa shape index (κ2) is 8.64. The molecule has 0 aromatic heterocycles. The van der Waals surface area contributed by atoms with Crippen LogP contribution in [0.3, 0.4) is 0 Å². The summed E-state index contributed by atoms with van der Waals surface area (Å²) >= 11 is 3.25. The van der Waals surface area contributed by atoms with E-state index in [1.165, 1.54) is 35.2 Å². The Morgan fingerprint density at radius 1 is 1.23 bits per heavy atom. The fourth-order valence-electron chi connectivity index (χ4n) is 2.25. The average Bonchev–Trinajstić information content (AvgIpc) is 2.59. The van der Waals surface area contributed by atoms with Crippen molar-refractivity contribution >= 4 is 31.7 Å². The third-order valence-corrected chi connectivity index (χ3v) is 5.45. The molecular weight excluding hydrogens is 425 g/mol. The first-order valence-electron chi connectivity index (χ1n) is 7.82.